The Morgan fingerprint density at radius 2 is 1.88 bits per heavy atom. The Morgan fingerprint density at radius 1 is 1.12 bits per heavy atom. The van der Waals surface area contributed by atoms with Crippen molar-refractivity contribution in [2.75, 3.05) is 50.8 Å². The number of pyridine rings is 1. The first-order valence-corrected chi connectivity index (χ1v) is 14.6. The van der Waals surface area contributed by atoms with Gasteiger partial charge in [0.2, 0.25) is 0 Å². The Labute approximate surface area is 241 Å². The van der Waals surface area contributed by atoms with Crippen LogP contribution in [0.5, 0.6) is 0 Å². The number of aromatic nitrogens is 2. The van der Waals surface area contributed by atoms with Crippen LogP contribution in [0, 0.1) is 0 Å². The summed E-state index contributed by atoms with van der Waals surface area (Å²) in [5, 5.41) is 2.75. The van der Waals surface area contributed by atoms with Crippen molar-refractivity contribution in [3.63, 3.8) is 0 Å². The molecule has 0 saturated carbocycles. The number of hydrogen-bond acceptors (Lipinski definition) is 8. The van der Waals surface area contributed by atoms with E-state index >= 15 is 0 Å². The van der Waals surface area contributed by atoms with Gasteiger partial charge in [0.15, 0.2) is 5.69 Å². The zero-order chi connectivity index (χ0) is 29.0. The van der Waals surface area contributed by atoms with Gasteiger partial charge in [0.1, 0.15) is 15.6 Å². The fourth-order valence-corrected chi connectivity index (χ4v) is 6.26. The number of nitrogens with zero attached hydrogens (tertiary/aromatic N) is 4. The fraction of sp³-hybridized carbons (Fsp3) is 0.483. The monoisotopic (exact) mass is 589 g/mol. The molecule has 2 aromatic heterocycles. The highest BCUT2D eigenvalue weighted by molar-refractivity contribution is 7.17. The van der Waals surface area contributed by atoms with Gasteiger partial charge in [-0.1, -0.05) is 18.2 Å². The molecule has 2 aliphatic rings. The second-order valence-electron chi connectivity index (χ2n) is 10.4. The van der Waals surface area contributed by atoms with Crippen molar-refractivity contribution in [3.05, 3.63) is 64.3 Å². The van der Waals surface area contributed by atoms with Gasteiger partial charge in [-0.15, -0.1) is 11.3 Å². The molecular weight excluding hydrogens is 555 g/mol. The van der Waals surface area contributed by atoms with Gasteiger partial charge in [-0.2, -0.15) is 13.2 Å². The minimum absolute atomic E-state index is 0.0769. The largest absolute Gasteiger partial charge is 0.435 e. The number of anilines is 1. The Kier molecular flexibility index (Phi) is 9.22. The predicted octanol–water partition coefficient (Wildman–Crippen LogP) is 4.64. The molecule has 5 rings (SSSR count). The molecule has 2 unspecified atom stereocenters. The average Bonchev–Trinajstić information content (AvgIpc) is 3.40. The van der Waals surface area contributed by atoms with Crippen molar-refractivity contribution in [3.8, 4) is 10.7 Å². The topological polar surface area (TPSA) is 79.8 Å². The van der Waals surface area contributed by atoms with E-state index in [9.17, 15) is 18.0 Å². The number of carbonyl (C=O) groups excluding carboxylic acids is 1. The lowest BCUT2D eigenvalue weighted by Crippen LogP contribution is -2.45. The van der Waals surface area contributed by atoms with E-state index in [1.165, 1.54) is 6.20 Å². The normalized spacial score (nSPS) is 20.3. The van der Waals surface area contributed by atoms with Crippen molar-refractivity contribution >= 4 is 22.9 Å². The number of alkyl halides is 3. The highest BCUT2D eigenvalue weighted by atomic mass is 32.1. The van der Waals surface area contributed by atoms with Crippen molar-refractivity contribution in [2.45, 2.75) is 45.2 Å². The minimum atomic E-state index is -4.78. The molecule has 41 heavy (non-hydrogen) atoms. The third-order valence-corrected chi connectivity index (χ3v) is 8.15. The first kappa shape index (κ1) is 29.4. The third kappa shape index (κ3) is 7.42. The van der Waals surface area contributed by atoms with E-state index in [1.807, 2.05) is 38.1 Å². The highest BCUT2D eigenvalue weighted by Crippen LogP contribution is 2.38. The lowest BCUT2D eigenvalue weighted by Gasteiger charge is -2.37. The van der Waals surface area contributed by atoms with Crippen LogP contribution in [0.1, 0.15) is 40.3 Å². The molecule has 2 fully saturated rings. The first-order valence-electron chi connectivity index (χ1n) is 13.8. The number of morpholine rings is 2. The number of benzene rings is 1. The maximum atomic E-state index is 14.0. The van der Waals surface area contributed by atoms with E-state index < -0.39 is 22.7 Å². The molecule has 4 heterocycles. The number of rotatable bonds is 8. The van der Waals surface area contributed by atoms with Crippen LogP contribution >= 0.6 is 11.3 Å². The summed E-state index contributed by atoms with van der Waals surface area (Å²) in [6, 6.07) is 11.6. The van der Waals surface area contributed by atoms with Crippen LogP contribution < -0.4 is 10.2 Å². The van der Waals surface area contributed by atoms with Crippen LogP contribution in [-0.2, 0) is 28.6 Å². The molecule has 2 saturated heterocycles. The van der Waals surface area contributed by atoms with Crippen LogP contribution in [0.4, 0.5) is 18.9 Å². The maximum Gasteiger partial charge on any atom is 0.435 e. The van der Waals surface area contributed by atoms with Gasteiger partial charge in [0.25, 0.3) is 5.91 Å². The number of nitrogens with one attached hydrogen (secondary N) is 1. The maximum absolute atomic E-state index is 14.0. The molecule has 12 heteroatoms. The molecule has 220 valence electrons. The van der Waals surface area contributed by atoms with Gasteiger partial charge in [-0.3, -0.25) is 14.7 Å². The van der Waals surface area contributed by atoms with Crippen molar-refractivity contribution < 1.29 is 27.4 Å². The first-order chi connectivity index (χ1) is 19.7. The second-order valence-corrected chi connectivity index (χ2v) is 11.4. The van der Waals surface area contributed by atoms with Gasteiger partial charge in [-0.25, -0.2) is 4.98 Å². The number of carbonyl (C=O) groups is 1. The molecule has 1 N–H and O–H groups in total. The van der Waals surface area contributed by atoms with E-state index in [2.05, 4.69) is 31.2 Å². The van der Waals surface area contributed by atoms with Crippen LogP contribution in [0.25, 0.3) is 10.7 Å². The molecule has 8 nitrogen and oxygen atoms in total. The summed E-state index contributed by atoms with van der Waals surface area (Å²) in [5.74, 6) is -0.793. The van der Waals surface area contributed by atoms with Gasteiger partial charge in [-0.05, 0) is 49.6 Å². The summed E-state index contributed by atoms with van der Waals surface area (Å²) in [7, 11) is 0. The number of thiazole rings is 1. The number of hydrogen-bond donors (Lipinski definition) is 1. The van der Waals surface area contributed by atoms with Crippen LogP contribution in [-0.4, -0.2) is 78.9 Å². The molecular formula is C29H34F3N5O3S. The van der Waals surface area contributed by atoms with E-state index in [0.29, 0.717) is 31.9 Å². The van der Waals surface area contributed by atoms with Crippen molar-refractivity contribution in [1.82, 2.24) is 20.2 Å². The predicted molar refractivity (Wildman–Crippen MR) is 151 cm³/mol. The molecule has 0 radical (unpaired) electrons. The Bertz CT molecular complexity index is 1340. The SMILES string of the molecule is CC1CN(c2cccc(CCNC(=O)c3sc(-c4ncccc4CN4CCOCC4)nc3C(F)(F)F)c2)CC(C)O1. The summed E-state index contributed by atoms with van der Waals surface area (Å²) >= 11 is 0.724. The zero-order valence-electron chi connectivity index (χ0n) is 23.1. The van der Waals surface area contributed by atoms with Crippen LogP contribution in [0.3, 0.4) is 0 Å². The van der Waals surface area contributed by atoms with Gasteiger partial charge in [0.05, 0.1) is 25.4 Å². The molecule has 1 aromatic carbocycles. The Hall–Kier alpha value is -3.06. The summed E-state index contributed by atoms with van der Waals surface area (Å²) in [6.45, 7) is 9.00. The smallest absolute Gasteiger partial charge is 0.379 e. The van der Waals surface area contributed by atoms with E-state index in [1.54, 1.807) is 6.07 Å². The van der Waals surface area contributed by atoms with Crippen LogP contribution in [0.15, 0.2) is 42.6 Å². The van der Waals surface area contributed by atoms with Crippen molar-refractivity contribution in [2.24, 2.45) is 0 Å². The number of amides is 1. The second kappa shape index (κ2) is 12.8. The minimum Gasteiger partial charge on any atom is -0.379 e. The quantitative estimate of drug-likeness (QED) is 0.410. The molecule has 2 aliphatic heterocycles. The molecule has 0 aliphatic carbocycles. The summed E-state index contributed by atoms with van der Waals surface area (Å²) in [6.07, 6.45) is -2.53. The lowest BCUT2D eigenvalue weighted by atomic mass is 10.1. The zero-order valence-corrected chi connectivity index (χ0v) is 23.9. The average molecular weight is 590 g/mol. The molecule has 0 bridgehead atoms. The Morgan fingerprint density at radius 3 is 2.61 bits per heavy atom. The standard InChI is InChI=1S/C29H34F3N5O3S/c1-19-16-37(17-20(2)40-19)23-7-3-5-21(15-23)8-10-34-27(38)25-26(29(30,31)32)35-28(41-25)24-22(6-4-9-33-24)18-36-11-13-39-14-12-36/h3-7,9,15,19-20H,8,10-14,16-18H2,1-2H3,(H,34,38). The summed E-state index contributed by atoms with van der Waals surface area (Å²) in [4.78, 5) is 25.2. The molecule has 3 aromatic rings. The lowest BCUT2D eigenvalue weighted by molar-refractivity contribution is -0.141. The number of halogens is 3. The van der Waals surface area contributed by atoms with Gasteiger partial charge >= 0.3 is 6.18 Å². The molecule has 1 amide bonds. The number of ether oxygens (including phenoxy) is 2. The molecule has 2 atom stereocenters. The fourth-order valence-electron chi connectivity index (χ4n) is 5.22. The summed E-state index contributed by atoms with van der Waals surface area (Å²) in [5.41, 5.74) is 1.97. The third-order valence-electron chi connectivity index (χ3n) is 7.09. The highest BCUT2D eigenvalue weighted by Gasteiger charge is 2.40. The van der Waals surface area contributed by atoms with E-state index in [4.69, 9.17) is 9.47 Å². The van der Waals surface area contributed by atoms with Gasteiger partial charge in [0, 0.05) is 51.2 Å². The van der Waals surface area contributed by atoms with E-state index in [-0.39, 0.29) is 23.8 Å². The van der Waals surface area contributed by atoms with Gasteiger partial charge < -0.3 is 19.7 Å². The van der Waals surface area contributed by atoms with E-state index in [0.717, 1.165) is 54.3 Å². The van der Waals surface area contributed by atoms with Crippen LogP contribution in [0.2, 0.25) is 0 Å². The Balaban J connectivity index is 1.28. The summed E-state index contributed by atoms with van der Waals surface area (Å²) < 4.78 is 53.2. The van der Waals surface area contributed by atoms with Crippen molar-refractivity contribution in [1.29, 1.82) is 0 Å². The molecule has 0 spiro atoms.